The first-order valence-electron chi connectivity index (χ1n) is 5.31. The molecule has 0 aliphatic rings. The van der Waals surface area contributed by atoms with E-state index in [-0.39, 0.29) is 5.12 Å². The first kappa shape index (κ1) is 14.5. The molecule has 0 atom stereocenters. The molecule has 88 valence electrons. The van der Waals surface area contributed by atoms with Crippen molar-refractivity contribution in [1.82, 2.24) is 0 Å². The summed E-state index contributed by atoms with van der Waals surface area (Å²) in [6, 6.07) is 0. The van der Waals surface area contributed by atoms with Gasteiger partial charge in [0.15, 0.2) is 0 Å². The molecule has 0 saturated carbocycles. The minimum atomic E-state index is -1.02. The third kappa shape index (κ3) is 4.69. The molecular weight excluding hydrogens is 212 g/mol. The molecule has 3 nitrogen and oxygen atoms in total. The van der Waals surface area contributed by atoms with E-state index in [0.717, 1.165) is 18.6 Å². The van der Waals surface area contributed by atoms with Crippen molar-refractivity contribution < 1.29 is 14.3 Å². The molecule has 0 fully saturated rings. The summed E-state index contributed by atoms with van der Waals surface area (Å²) in [5.74, 6) is 0.344. The van der Waals surface area contributed by atoms with E-state index in [4.69, 9.17) is 4.74 Å². The summed E-state index contributed by atoms with van der Waals surface area (Å²) in [6.07, 6.45) is 2.05. The van der Waals surface area contributed by atoms with Gasteiger partial charge in [0.05, 0.1) is 6.61 Å². The van der Waals surface area contributed by atoms with Gasteiger partial charge in [-0.05, 0) is 27.2 Å². The summed E-state index contributed by atoms with van der Waals surface area (Å²) >= 11 is 1.22. The Morgan fingerprint density at radius 3 is 2.33 bits per heavy atom. The van der Waals surface area contributed by atoms with E-state index in [9.17, 15) is 9.59 Å². The molecule has 0 aliphatic carbocycles. The predicted molar refractivity (Wildman–Crippen MR) is 62.8 cm³/mol. The highest BCUT2D eigenvalue weighted by atomic mass is 32.2. The average Bonchev–Trinajstić information content (AvgIpc) is 2.18. The van der Waals surface area contributed by atoms with Crippen LogP contribution in [0.2, 0.25) is 0 Å². The van der Waals surface area contributed by atoms with Gasteiger partial charge >= 0.3 is 5.97 Å². The molecule has 0 heterocycles. The van der Waals surface area contributed by atoms with Gasteiger partial charge in [0.1, 0.15) is 5.41 Å². The van der Waals surface area contributed by atoms with Crippen molar-refractivity contribution in [2.24, 2.45) is 5.41 Å². The maximum atomic E-state index is 11.7. The van der Waals surface area contributed by atoms with Crippen molar-refractivity contribution in [3.8, 4) is 0 Å². The summed E-state index contributed by atoms with van der Waals surface area (Å²) in [4.78, 5) is 23.2. The molecule has 0 aliphatic heterocycles. The molecule has 0 aromatic heterocycles. The van der Waals surface area contributed by atoms with Gasteiger partial charge in [-0.3, -0.25) is 9.59 Å². The molecule has 0 amide bonds. The molecule has 0 aromatic carbocycles. The second-order valence-electron chi connectivity index (χ2n) is 3.83. The number of carbonyl (C=O) groups excluding carboxylic acids is 2. The Hall–Kier alpha value is -0.510. The highest BCUT2D eigenvalue weighted by Crippen LogP contribution is 2.26. The van der Waals surface area contributed by atoms with Crippen LogP contribution in [0.3, 0.4) is 0 Å². The number of ether oxygens (including phenoxy) is 1. The van der Waals surface area contributed by atoms with E-state index in [1.54, 1.807) is 20.8 Å². The molecular formula is C11H20O3S. The lowest BCUT2D eigenvalue weighted by atomic mass is 9.96. The van der Waals surface area contributed by atoms with Crippen molar-refractivity contribution in [3.63, 3.8) is 0 Å². The Labute approximate surface area is 95.9 Å². The highest BCUT2D eigenvalue weighted by molar-refractivity contribution is 8.13. The van der Waals surface area contributed by atoms with Crippen LogP contribution in [0.5, 0.6) is 0 Å². The molecule has 0 spiro atoms. The molecule has 0 unspecified atom stereocenters. The molecule has 0 rings (SSSR count). The molecule has 0 aromatic rings. The molecule has 0 N–H and O–H groups in total. The van der Waals surface area contributed by atoms with Crippen LogP contribution in [-0.2, 0) is 14.3 Å². The average molecular weight is 232 g/mol. The maximum absolute atomic E-state index is 11.7. The molecule has 0 saturated heterocycles. The number of rotatable bonds is 6. The van der Waals surface area contributed by atoms with E-state index in [1.807, 2.05) is 0 Å². The van der Waals surface area contributed by atoms with Crippen LogP contribution in [0, 0.1) is 5.41 Å². The van der Waals surface area contributed by atoms with Gasteiger partial charge in [0.2, 0.25) is 5.12 Å². The minimum absolute atomic E-state index is 0.102. The fraction of sp³-hybridized carbons (Fsp3) is 0.818. The van der Waals surface area contributed by atoms with Gasteiger partial charge in [-0.15, -0.1) is 0 Å². The Kier molecular flexibility index (Phi) is 6.65. The smallest absolute Gasteiger partial charge is 0.319 e. The zero-order valence-corrected chi connectivity index (χ0v) is 10.8. The number of hydrogen-bond acceptors (Lipinski definition) is 4. The van der Waals surface area contributed by atoms with Crippen molar-refractivity contribution in [3.05, 3.63) is 0 Å². The number of carbonyl (C=O) groups is 2. The van der Waals surface area contributed by atoms with Crippen LogP contribution < -0.4 is 0 Å². The first-order valence-corrected chi connectivity index (χ1v) is 6.29. The number of esters is 1. The summed E-state index contributed by atoms with van der Waals surface area (Å²) in [5.41, 5.74) is -1.02. The van der Waals surface area contributed by atoms with Gasteiger partial charge in [-0.25, -0.2) is 0 Å². The van der Waals surface area contributed by atoms with Crippen molar-refractivity contribution in [2.75, 3.05) is 12.4 Å². The number of unbranched alkanes of at least 4 members (excludes halogenated alkanes) is 1. The lowest BCUT2D eigenvalue weighted by molar-refractivity contribution is -0.155. The topological polar surface area (TPSA) is 43.4 Å². The van der Waals surface area contributed by atoms with Gasteiger partial charge in [-0.1, -0.05) is 25.1 Å². The lowest BCUT2D eigenvalue weighted by Gasteiger charge is -2.19. The monoisotopic (exact) mass is 232 g/mol. The summed E-state index contributed by atoms with van der Waals surface area (Å²) in [6.45, 7) is 7.36. The largest absolute Gasteiger partial charge is 0.465 e. The molecule has 4 heteroatoms. The zero-order valence-electron chi connectivity index (χ0n) is 9.96. The number of hydrogen-bond donors (Lipinski definition) is 0. The van der Waals surface area contributed by atoms with E-state index >= 15 is 0 Å². The Morgan fingerprint density at radius 2 is 1.87 bits per heavy atom. The molecule has 0 radical (unpaired) electrons. The van der Waals surface area contributed by atoms with E-state index in [2.05, 4.69) is 6.92 Å². The minimum Gasteiger partial charge on any atom is -0.465 e. The highest BCUT2D eigenvalue weighted by Gasteiger charge is 2.37. The van der Waals surface area contributed by atoms with Crippen LogP contribution in [0.4, 0.5) is 0 Å². The fourth-order valence-electron chi connectivity index (χ4n) is 0.884. The first-order chi connectivity index (χ1) is 6.96. The van der Waals surface area contributed by atoms with Crippen LogP contribution >= 0.6 is 11.8 Å². The fourth-order valence-corrected chi connectivity index (χ4v) is 1.95. The van der Waals surface area contributed by atoms with Crippen LogP contribution in [-0.4, -0.2) is 23.4 Å². The third-order valence-electron chi connectivity index (χ3n) is 2.03. The van der Waals surface area contributed by atoms with Gasteiger partial charge < -0.3 is 4.74 Å². The van der Waals surface area contributed by atoms with Crippen LogP contribution in [0.1, 0.15) is 40.5 Å². The second kappa shape index (κ2) is 6.88. The second-order valence-corrected chi connectivity index (χ2v) is 4.90. The van der Waals surface area contributed by atoms with E-state index in [1.165, 1.54) is 11.8 Å². The standard InChI is InChI=1S/C11H20O3S/c1-5-7-8-15-10(13)11(3,4)9(12)14-6-2/h5-8H2,1-4H3. The Bertz CT molecular complexity index is 224. The van der Waals surface area contributed by atoms with E-state index < -0.39 is 11.4 Å². The quantitative estimate of drug-likeness (QED) is 0.401. The van der Waals surface area contributed by atoms with Crippen LogP contribution in [0.25, 0.3) is 0 Å². The summed E-state index contributed by atoms with van der Waals surface area (Å²) < 4.78 is 4.86. The van der Waals surface area contributed by atoms with Crippen LogP contribution in [0.15, 0.2) is 0 Å². The predicted octanol–water partition coefficient (Wildman–Crippen LogP) is 2.64. The van der Waals surface area contributed by atoms with Crippen molar-refractivity contribution in [2.45, 2.75) is 40.5 Å². The van der Waals surface area contributed by atoms with Crippen molar-refractivity contribution >= 4 is 22.8 Å². The summed E-state index contributed by atoms with van der Waals surface area (Å²) in [5, 5.41) is -0.102. The van der Waals surface area contributed by atoms with Gasteiger partial charge in [0, 0.05) is 5.75 Å². The SMILES string of the molecule is CCCCSC(=O)C(C)(C)C(=O)OCC. The summed E-state index contributed by atoms with van der Waals surface area (Å²) in [7, 11) is 0. The van der Waals surface area contributed by atoms with Crippen molar-refractivity contribution in [1.29, 1.82) is 0 Å². The molecule has 15 heavy (non-hydrogen) atoms. The number of thioether (sulfide) groups is 1. The Morgan fingerprint density at radius 1 is 1.27 bits per heavy atom. The lowest BCUT2D eigenvalue weighted by Crippen LogP contribution is -2.33. The normalized spacial score (nSPS) is 11.2. The van der Waals surface area contributed by atoms with Gasteiger partial charge in [-0.2, -0.15) is 0 Å². The maximum Gasteiger partial charge on any atom is 0.319 e. The molecule has 0 bridgehead atoms. The van der Waals surface area contributed by atoms with Gasteiger partial charge in [0.25, 0.3) is 0 Å². The third-order valence-corrected chi connectivity index (χ3v) is 3.29. The van der Waals surface area contributed by atoms with E-state index in [0.29, 0.717) is 6.61 Å². The zero-order chi connectivity index (χ0) is 11.9. The Balaban J connectivity index is 4.19.